The fraction of sp³-hybridized carbons (Fsp3) is 0.700. The minimum Gasteiger partial charge on any atom is -0.463 e. The van der Waals surface area contributed by atoms with E-state index in [0.717, 1.165) is 25.7 Å². The summed E-state index contributed by atoms with van der Waals surface area (Å²) in [5.41, 5.74) is -0.424. The van der Waals surface area contributed by atoms with Crippen molar-refractivity contribution in [2.45, 2.75) is 116 Å². The number of carbonyl (C=O) groups excluding carboxylic acids is 2. The molecule has 1 saturated carbocycles. The molecule has 0 radical (unpaired) electrons. The van der Waals surface area contributed by atoms with Crippen LogP contribution in [-0.2, 0) is 29.1 Å². The average molecular weight is 584 g/mol. The molecule has 1 N–H and O–H groups in total. The number of fused-ring (bicyclic) bond motifs is 1. The molecule has 1 saturated heterocycles. The molecule has 10 nitrogen and oxygen atoms in total. The highest BCUT2D eigenvalue weighted by Gasteiger charge is 2.54. The normalized spacial score (nSPS) is 23.8. The molecule has 2 aliphatic rings. The number of nitriles is 1. The number of rotatable bonds is 11. The molecule has 4 rings (SSSR count). The molecule has 1 amide bonds. The summed E-state index contributed by atoms with van der Waals surface area (Å²) >= 11 is 0. The van der Waals surface area contributed by atoms with E-state index >= 15 is 0 Å². The summed E-state index contributed by atoms with van der Waals surface area (Å²) < 4.78 is 20.3. The lowest BCUT2D eigenvalue weighted by Gasteiger charge is -2.32. The van der Waals surface area contributed by atoms with Gasteiger partial charge in [0.05, 0.1) is 17.9 Å². The zero-order valence-electron chi connectivity index (χ0n) is 25.1. The number of nitrogens with one attached hydrogen (secondary N) is 1. The molecular formula is C30H45N5O5Si. The molecule has 3 atom stereocenters. The van der Waals surface area contributed by atoms with E-state index in [2.05, 4.69) is 41.1 Å². The maximum Gasteiger partial charge on any atom is 0.306 e. The largest absolute Gasteiger partial charge is 0.463 e. The second-order valence-corrected chi connectivity index (χ2v) is 16.9. The zero-order chi connectivity index (χ0) is 29.6. The van der Waals surface area contributed by atoms with Crippen LogP contribution in [0.25, 0.3) is 5.52 Å². The zero-order valence-corrected chi connectivity index (χ0v) is 26.1. The van der Waals surface area contributed by atoms with E-state index in [-0.39, 0.29) is 24.4 Å². The molecule has 3 heterocycles. The molecule has 1 aliphatic carbocycles. The SMILES string of the molecule is CCC(CC)C(=O)Nc1ncnn2c([C@]3(C#N)O[C@@H](COC(=O)CC4CCCCCC4)C[C@H]3O[Si](C)(C)C)ccc12. The van der Waals surface area contributed by atoms with Crippen LogP contribution >= 0.6 is 0 Å². The number of nitrogens with zero attached hydrogens (tertiary/aromatic N) is 4. The summed E-state index contributed by atoms with van der Waals surface area (Å²) in [5.74, 6) is 0.319. The number of ether oxygens (including phenoxy) is 2. The van der Waals surface area contributed by atoms with E-state index < -0.39 is 26.1 Å². The first-order valence-electron chi connectivity index (χ1n) is 15.2. The monoisotopic (exact) mass is 583 g/mol. The van der Waals surface area contributed by atoms with Gasteiger partial charge < -0.3 is 19.2 Å². The fourth-order valence-electron chi connectivity index (χ4n) is 6.07. The lowest BCUT2D eigenvalue weighted by atomic mass is 9.94. The maximum atomic E-state index is 12.8. The van der Waals surface area contributed by atoms with E-state index in [4.69, 9.17) is 13.9 Å². The van der Waals surface area contributed by atoms with Crippen LogP contribution in [0, 0.1) is 23.2 Å². The minimum atomic E-state index is -2.11. The van der Waals surface area contributed by atoms with Crippen molar-refractivity contribution in [2.75, 3.05) is 11.9 Å². The first kappa shape index (κ1) is 31.1. The van der Waals surface area contributed by atoms with E-state index in [1.54, 1.807) is 16.6 Å². The quantitative estimate of drug-likeness (QED) is 0.202. The van der Waals surface area contributed by atoms with Crippen molar-refractivity contribution >= 4 is 31.5 Å². The Labute approximate surface area is 244 Å². The van der Waals surface area contributed by atoms with Gasteiger partial charge in [-0.2, -0.15) is 10.4 Å². The summed E-state index contributed by atoms with van der Waals surface area (Å²) in [7, 11) is -2.11. The number of esters is 1. The molecule has 0 bridgehead atoms. The van der Waals surface area contributed by atoms with Crippen LogP contribution in [0.1, 0.15) is 83.7 Å². The highest BCUT2D eigenvalue weighted by Crippen LogP contribution is 2.43. The number of amides is 1. The van der Waals surface area contributed by atoms with Crippen LogP contribution in [-0.4, -0.2) is 53.6 Å². The number of carbonyl (C=O) groups is 2. The van der Waals surface area contributed by atoms with Gasteiger partial charge in [-0.25, -0.2) is 9.50 Å². The first-order valence-corrected chi connectivity index (χ1v) is 18.6. The molecule has 2 aromatic heterocycles. The van der Waals surface area contributed by atoms with Gasteiger partial charge in [0, 0.05) is 18.8 Å². The number of hydrogen-bond donors (Lipinski definition) is 1. The lowest BCUT2D eigenvalue weighted by molar-refractivity contribution is -0.150. The van der Waals surface area contributed by atoms with Crippen LogP contribution in [0.2, 0.25) is 19.6 Å². The van der Waals surface area contributed by atoms with Gasteiger partial charge in [0.25, 0.3) is 0 Å². The maximum absolute atomic E-state index is 12.8. The molecule has 1 aliphatic heterocycles. The lowest BCUT2D eigenvalue weighted by Crippen LogP contribution is -2.44. The van der Waals surface area contributed by atoms with E-state index in [1.807, 2.05) is 13.8 Å². The van der Waals surface area contributed by atoms with Gasteiger partial charge in [0.2, 0.25) is 11.5 Å². The Bertz CT molecular complexity index is 1240. The summed E-state index contributed by atoms with van der Waals surface area (Å²) in [4.78, 5) is 29.8. The highest BCUT2D eigenvalue weighted by atomic mass is 28.4. The molecule has 2 fully saturated rings. The predicted molar refractivity (Wildman–Crippen MR) is 157 cm³/mol. The number of aromatic nitrogens is 3. The van der Waals surface area contributed by atoms with E-state index in [1.165, 1.54) is 32.0 Å². The molecule has 0 unspecified atom stereocenters. The Balaban J connectivity index is 1.56. The topological polar surface area (TPSA) is 128 Å². The molecule has 0 spiro atoms. The van der Waals surface area contributed by atoms with Crippen molar-refractivity contribution in [2.24, 2.45) is 11.8 Å². The number of hydrogen-bond acceptors (Lipinski definition) is 8. The molecular weight excluding hydrogens is 538 g/mol. The third kappa shape index (κ3) is 7.34. The number of anilines is 1. The summed E-state index contributed by atoms with van der Waals surface area (Å²) in [6.45, 7) is 10.2. The molecule has 2 aromatic rings. The third-order valence-electron chi connectivity index (χ3n) is 8.24. The van der Waals surface area contributed by atoms with Crippen LogP contribution in [0.5, 0.6) is 0 Å². The molecule has 11 heteroatoms. The Morgan fingerprint density at radius 2 is 1.90 bits per heavy atom. The summed E-state index contributed by atoms with van der Waals surface area (Å²) in [6, 6.07) is 5.96. The van der Waals surface area contributed by atoms with Crippen LogP contribution in [0.15, 0.2) is 18.5 Å². The van der Waals surface area contributed by atoms with E-state index in [9.17, 15) is 14.9 Å². The second-order valence-electron chi connectivity index (χ2n) is 12.4. The Kier molecular flexibility index (Phi) is 10.2. The Morgan fingerprint density at radius 1 is 1.20 bits per heavy atom. The Hall–Kier alpha value is -2.81. The fourth-order valence-corrected chi connectivity index (χ4v) is 7.19. The van der Waals surface area contributed by atoms with Gasteiger partial charge in [-0.1, -0.05) is 39.5 Å². The summed E-state index contributed by atoms with van der Waals surface area (Å²) in [5, 5.41) is 18.0. The van der Waals surface area contributed by atoms with Gasteiger partial charge in [0.15, 0.2) is 14.1 Å². The van der Waals surface area contributed by atoms with Crippen molar-refractivity contribution in [1.29, 1.82) is 5.26 Å². The van der Waals surface area contributed by atoms with Crippen molar-refractivity contribution in [3.05, 3.63) is 24.2 Å². The smallest absolute Gasteiger partial charge is 0.306 e. The van der Waals surface area contributed by atoms with Crippen LogP contribution in [0.4, 0.5) is 5.82 Å². The van der Waals surface area contributed by atoms with Gasteiger partial charge in [-0.3, -0.25) is 9.59 Å². The van der Waals surface area contributed by atoms with Gasteiger partial charge >= 0.3 is 5.97 Å². The van der Waals surface area contributed by atoms with Crippen LogP contribution < -0.4 is 5.32 Å². The molecule has 0 aromatic carbocycles. The first-order chi connectivity index (χ1) is 19.6. The van der Waals surface area contributed by atoms with E-state index in [0.29, 0.717) is 35.8 Å². The van der Waals surface area contributed by atoms with Crippen molar-refractivity contribution < 1.29 is 23.5 Å². The molecule has 224 valence electrons. The molecule has 41 heavy (non-hydrogen) atoms. The Morgan fingerprint density at radius 3 is 2.54 bits per heavy atom. The van der Waals surface area contributed by atoms with Crippen molar-refractivity contribution in [3.63, 3.8) is 0 Å². The summed E-state index contributed by atoms with van der Waals surface area (Å²) in [6.07, 6.45) is 9.52. The van der Waals surface area contributed by atoms with Crippen molar-refractivity contribution in [3.8, 4) is 6.07 Å². The van der Waals surface area contributed by atoms with Gasteiger partial charge in [-0.15, -0.1) is 0 Å². The van der Waals surface area contributed by atoms with Gasteiger partial charge in [-0.05, 0) is 63.4 Å². The average Bonchev–Trinajstić information content (AvgIpc) is 3.41. The highest BCUT2D eigenvalue weighted by molar-refractivity contribution is 6.69. The van der Waals surface area contributed by atoms with Crippen molar-refractivity contribution in [1.82, 2.24) is 14.6 Å². The van der Waals surface area contributed by atoms with Crippen LogP contribution in [0.3, 0.4) is 0 Å². The second kappa shape index (κ2) is 13.4. The minimum absolute atomic E-state index is 0.0650. The third-order valence-corrected chi connectivity index (χ3v) is 9.23. The standard InChI is InChI=1S/C30H45N5O5Si/c1-6-22(7-2)29(37)34-28-24-14-15-25(35(24)33-20-32-28)30(19-31)26(40-41(3,4)5)17-23(39-30)18-38-27(36)16-21-12-10-8-9-11-13-21/h14-15,20-23,26H,6-13,16-18H2,1-5H3,(H,32,33,34,37)/t23-,26-,30+/m1/s1. The predicted octanol–water partition coefficient (Wildman–Crippen LogP) is 5.74. The van der Waals surface area contributed by atoms with Gasteiger partial charge in [0.1, 0.15) is 24.5 Å².